The van der Waals surface area contributed by atoms with E-state index in [2.05, 4.69) is 16.0 Å². The van der Waals surface area contributed by atoms with Gasteiger partial charge >= 0.3 is 5.97 Å². The predicted octanol–water partition coefficient (Wildman–Crippen LogP) is 2.66. The highest BCUT2D eigenvalue weighted by molar-refractivity contribution is 5.87. The van der Waals surface area contributed by atoms with E-state index in [9.17, 15) is 4.79 Å². The molecule has 20 heavy (non-hydrogen) atoms. The van der Waals surface area contributed by atoms with E-state index in [0.29, 0.717) is 5.69 Å². The zero-order chi connectivity index (χ0) is 15.0. The highest BCUT2D eigenvalue weighted by Crippen LogP contribution is 2.30. The molecule has 0 aliphatic carbocycles. The Bertz CT molecular complexity index is 683. The Hall–Kier alpha value is -2.43. The SMILES string of the molecule is Cc1cc(C)c(C)c(-c2cc(C(=O)O)nc(N)n2)c1C. The second-order valence-electron chi connectivity index (χ2n) is 4.94. The van der Waals surface area contributed by atoms with Gasteiger partial charge in [-0.3, -0.25) is 0 Å². The van der Waals surface area contributed by atoms with Gasteiger partial charge in [0.05, 0.1) is 5.69 Å². The summed E-state index contributed by atoms with van der Waals surface area (Å²) in [5.74, 6) is -1.14. The average Bonchev–Trinajstić information content (AvgIpc) is 2.36. The van der Waals surface area contributed by atoms with Gasteiger partial charge in [-0.25, -0.2) is 14.8 Å². The van der Waals surface area contributed by atoms with Gasteiger partial charge in [0.25, 0.3) is 0 Å². The zero-order valence-electron chi connectivity index (χ0n) is 12.0. The van der Waals surface area contributed by atoms with Crippen molar-refractivity contribution in [3.8, 4) is 11.3 Å². The van der Waals surface area contributed by atoms with Gasteiger partial charge in [-0.15, -0.1) is 0 Å². The number of benzene rings is 1. The van der Waals surface area contributed by atoms with Gasteiger partial charge < -0.3 is 10.8 Å². The van der Waals surface area contributed by atoms with Crippen molar-refractivity contribution in [2.24, 2.45) is 0 Å². The third-order valence-corrected chi connectivity index (χ3v) is 3.58. The van der Waals surface area contributed by atoms with E-state index in [-0.39, 0.29) is 11.6 Å². The second kappa shape index (κ2) is 4.92. The molecule has 2 aromatic rings. The maximum atomic E-state index is 11.1. The summed E-state index contributed by atoms with van der Waals surface area (Å²) >= 11 is 0. The monoisotopic (exact) mass is 271 g/mol. The van der Waals surface area contributed by atoms with Crippen LogP contribution in [-0.4, -0.2) is 21.0 Å². The van der Waals surface area contributed by atoms with Gasteiger partial charge in [0.15, 0.2) is 5.69 Å². The number of carbonyl (C=O) groups is 1. The van der Waals surface area contributed by atoms with Crippen molar-refractivity contribution in [1.82, 2.24) is 9.97 Å². The summed E-state index contributed by atoms with van der Waals surface area (Å²) in [6.07, 6.45) is 0. The predicted molar refractivity (Wildman–Crippen MR) is 77.8 cm³/mol. The van der Waals surface area contributed by atoms with Crippen LogP contribution in [0.5, 0.6) is 0 Å². The lowest BCUT2D eigenvalue weighted by atomic mass is 9.92. The Morgan fingerprint density at radius 2 is 1.60 bits per heavy atom. The first-order chi connectivity index (χ1) is 9.31. The minimum absolute atomic E-state index is 0.0298. The van der Waals surface area contributed by atoms with E-state index in [1.54, 1.807) is 0 Å². The first-order valence-electron chi connectivity index (χ1n) is 6.27. The lowest BCUT2D eigenvalue weighted by Crippen LogP contribution is -2.07. The number of carboxylic acid groups (broad SMARTS) is 1. The van der Waals surface area contributed by atoms with Crippen LogP contribution in [0.4, 0.5) is 5.95 Å². The van der Waals surface area contributed by atoms with E-state index in [1.807, 2.05) is 27.7 Å². The molecule has 2 rings (SSSR count). The molecule has 1 heterocycles. The fraction of sp³-hybridized carbons (Fsp3) is 0.267. The standard InChI is InChI=1S/C15H17N3O2/c1-7-5-8(2)10(4)13(9(7)3)11-6-12(14(19)20)18-15(16)17-11/h5-6H,1-4H3,(H,19,20)(H2,16,17,18). The minimum atomic E-state index is -1.11. The number of aromatic nitrogens is 2. The van der Waals surface area contributed by atoms with Crippen molar-refractivity contribution in [2.45, 2.75) is 27.7 Å². The summed E-state index contributed by atoms with van der Waals surface area (Å²) in [4.78, 5) is 19.0. The molecule has 1 aromatic heterocycles. The van der Waals surface area contributed by atoms with Crippen molar-refractivity contribution in [3.05, 3.63) is 40.1 Å². The molecule has 0 aliphatic heterocycles. The van der Waals surface area contributed by atoms with E-state index < -0.39 is 5.97 Å². The molecule has 0 unspecified atom stereocenters. The Morgan fingerprint density at radius 1 is 1.05 bits per heavy atom. The van der Waals surface area contributed by atoms with Crippen LogP contribution >= 0.6 is 0 Å². The van der Waals surface area contributed by atoms with Gasteiger partial charge in [0.1, 0.15) is 0 Å². The Balaban J connectivity index is 2.78. The van der Waals surface area contributed by atoms with Crippen molar-refractivity contribution in [2.75, 3.05) is 5.73 Å². The van der Waals surface area contributed by atoms with Crippen molar-refractivity contribution >= 4 is 11.9 Å². The molecule has 0 atom stereocenters. The molecule has 1 aromatic carbocycles. The highest BCUT2D eigenvalue weighted by atomic mass is 16.4. The van der Waals surface area contributed by atoms with Crippen LogP contribution in [0, 0.1) is 27.7 Å². The molecule has 0 bridgehead atoms. The van der Waals surface area contributed by atoms with Crippen LogP contribution in [0.3, 0.4) is 0 Å². The smallest absolute Gasteiger partial charge is 0.354 e. The van der Waals surface area contributed by atoms with Crippen LogP contribution in [-0.2, 0) is 0 Å². The molecule has 0 spiro atoms. The number of nitrogens with zero attached hydrogens (tertiary/aromatic N) is 2. The molecule has 3 N–H and O–H groups in total. The van der Waals surface area contributed by atoms with E-state index in [0.717, 1.165) is 27.8 Å². The molecule has 104 valence electrons. The summed E-state index contributed by atoms with van der Waals surface area (Å²) in [6.45, 7) is 8.04. The van der Waals surface area contributed by atoms with E-state index >= 15 is 0 Å². The van der Waals surface area contributed by atoms with Crippen LogP contribution in [0.2, 0.25) is 0 Å². The summed E-state index contributed by atoms with van der Waals surface area (Å²) < 4.78 is 0. The van der Waals surface area contributed by atoms with Crippen LogP contribution in [0.1, 0.15) is 32.7 Å². The molecule has 5 heteroatoms. The van der Waals surface area contributed by atoms with Crippen LogP contribution < -0.4 is 5.73 Å². The summed E-state index contributed by atoms with van der Waals surface area (Å²) in [5.41, 5.74) is 11.4. The van der Waals surface area contributed by atoms with Crippen molar-refractivity contribution in [1.29, 1.82) is 0 Å². The molecular weight excluding hydrogens is 254 g/mol. The topological polar surface area (TPSA) is 89.1 Å². The second-order valence-corrected chi connectivity index (χ2v) is 4.94. The maximum absolute atomic E-state index is 11.1. The molecular formula is C15H17N3O2. The van der Waals surface area contributed by atoms with Gasteiger partial charge in [-0.1, -0.05) is 6.07 Å². The molecule has 0 radical (unpaired) electrons. The van der Waals surface area contributed by atoms with Crippen molar-refractivity contribution in [3.63, 3.8) is 0 Å². The quantitative estimate of drug-likeness (QED) is 0.876. The summed E-state index contributed by atoms with van der Waals surface area (Å²) in [7, 11) is 0. The lowest BCUT2D eigenvalue weighted by molar-refractivity contribution is 0.0690. The molecule has 0 aliphatic rings. The molecule has 5 nitrogen and oxygen atoms in total. The number of aryl methyl sites for hydroxylation is 2. The maximum Gasteiger partial charge on any atom is 0.354 e. The zero-order valence-corrected chi connectivity index (χ0v) is 12.0. The van der Waals surface area contributed by atoms with E-state index in [1.165, 1.54) is 6.07 Å². The van der Waals surface area contributed by atoms with Crippen LogP contribution in [0.15, 0.2) is 12.1 Å². The first kappa shape index (κ1) is 14.0. The Labute approximate surface area is 117 Å². The fourth-order valence-electron chi connectivity index (χ4n) is 2.30. The third-order valence-electron chi connectivity index (χ3n) is 3.58. The molecule has 0 fully saturated rings. The third kappa shape index (κ3) is 2.34. The minimum Gasteiger partial charge on any atom is -0.477 e. The van der Waals surface area contributed by atoms with Gasteiger partial charge in [-0.05, 0) is 56.0 Å². The fourth-order valence-corrected chi connectivity index (χ4v) is 2.30. The average molecular weight is 271 g/mol. The number of anilines is 1. The number of nitrogens with two attached hydrogens (primary N) is 1. The summed E-state index contributed by atoms with van der Waals surface area (Å²) in [6, 6.07) is 3.57. The number of aromatic carboxylic acids is 1. The molecule has 0 saturated carbocycles. The Kier molecular flexibility index (Phi) is 3.44. The van der Waals surface area contributed by atoms with Gasteiger partial charge in [0, 0.05) is 5.56 Å². The number of hydrogen-bond acceptors (Lipinski definition) is 4. The number of carboxylic acids is 1. The normalized spacial score (nSPS) is 10.6. The van der Waals surface area contributed by atoms with E-state index in [4.69, 9.17) is 10.8 Å². The van der Waals surface area contributed by atoms with Crippen molar-refractivity contribution < 1.29 is 9.90 Å². The van der Waals surface area contributed by atoms with Crippen LogP contribution in [0.25, 0.3) is 11.3 Å². The summed E-state index contributed by atoms with van der Waals surface area (Å²) in [5, 5.41) is 9.08. The highest BCUT2D eigenvalue weighted by Gasteiger charge is 2.15. The molecule has 0 amide bonds. The van der Waals surface area contributed by atoms with Gasteiger partial charge in [0.2, 0.25) is 5.95 Å². The lowest BCUT2D eigenvalue weighted by Gasteiger charge is -2.15. The number of hydrogen-bond donors (Lipinski definition) is 2. The molecule has 0 saturated heterocycles. The van der Waals surface area contributed by atoms with Gasteiger partial charge in [-0.2, -0.15) is 0 Å². The number of nitrogen functional groups attached to an aromatic ring is 1. The number of rotatable bonds is 2. The first-order valence-corrected chi connectivity index (χ1v) is 6.27. The Morgan fingerprint density at radius 3 is 2.10 bits per heavy atom. The largest absolute Gasteiger partial charge is 0.477 e.